The Hall–Kier alpha value is -2.94. The van der Waals surface area contributed by atoms with Gasteiger partial charge in [0.05, 0.1) is 5.52 Å². The third-order valence-electron chi connectivity index (χ3n) is 4.79. The van der Waals surface area contributed by atoms with Crippen LogP contribution in [0.4, 0.5) is 0 Å². The molecule has 0 bridgehead atoms. The van der Waals surface area contributed by atoms with E-state index in [0.717, 1.165) is 29.3 Å². The quantitative estimate of drug-likeness (QED) is 0.627. The van der Waals surface area contributed by atoms with Crippen molar-refractivity contribution in [3.63, 3.8) is 0 Å². The van der Waals surface area contributed by atoms with Crippen LogP contribution in [0.2, 0.25) is 0 Å². The third kappa shape index (κ3) is 3.67. The molecular formula is C23H22N2O. The molecule has 0 spiro atoms. The number of amides is 1. The number of carbonyl (C=O) groups excluding carboxylic acids is 1. The Morgan fingerprint density at radius 2 is 2.00 bits per heavy atom. The zero-order valence-corrected chi connectivity index (χ0v) is 14.9. The predicted molar refractivity (Wildman–Crippen MR) is 106 cm³/mol. The molecule has 26 heavy (non-hydrogen) atoms. The van der Waals surface area contributed by atoms with E-state index in [0.29, 0.717) is 12.6 Å². The van der Waals surface area contributed by atoms with Crippen LogP contribution in [0.5, 0.6) is 0 Å². The van der Waals surface area contributed by atoms with Gasteiger partial charge in [0.1, 0.15) is 0 Å². The lowest BCUT2D eigenvalue weighted by Gasteiger charge is -2.21. The molecule has 1 saturated carbocycles. The lowest BCUT2D eigenvalue weighted by atomic mass is 10.1. The van der Waals surface area contributed by atoms with Crippen molar-refractivity contribution in [3.05, 3.63) is 83.6 Å². The van der Waals surface area contributed by atoms with E-state index in [-0.39, 0.29) is 5.91 Å². The smallest absolute Gasteiger partial charge is 0.247 e. The molecule has 3 nitrogen and oxygen atoms in total. The van der Waals surface area contributed by atoms with E-state index in [1.54, 1.807) is 12.3 Å². The van der Waals surface area contributed by atoms with Crippen LogP contribution in [0.15, 0.2) is 66.9 Å². The molecule has 0 saturated heterocycles. The fourth-order valence-electron chi connectivity index (χ4n) is 3.30. The average molecular weight is 342 g/mol. The zero-order chi connectivity index (χ0) is 17.9. The number of rotatable bonds is 5. The van der Waals surface area contributed by atoms with Gasteiger partial charge in [-0.3, -0.25) is 9.78 Å². The second-order valence-corrected chi connectivity index (χ2v) is 6.94. The van der Waals surface area contributed by atoms with Crippen LogP contribution in [-0.2, 0) is 11.3 Å². The predicted octanol–water partition coefficient (Wildman–Crippen LogP) is 4.75. The fourth-order valence-corrected chi connectivity index (χ4v) is 3.30. The van der Waals surface area contributed by atoms with Gasteiger partial charge in [0.2, 0.25) is 5.91 Å². The second kappa shape index (κ2) is 7.12. The summed E-state index contributed by atoms with van der Waals surface area (Å²) in [7, 11) is 0. The van der Waals surface area contributed by atoms with E-state index in [2.05, 4.69) is 36.2 Å². The number of nitrogens with zero attached hydrogens (tertiary/aromatic N) is 2. The third-order valence-corrected chi connectivity index (χ3v) is 4.79. The highest BCUT2D eigenvalue weighted by molar-refractivity contribution is 5.96. The number of aryl methyl sites for hydroxylation is 1. The maximum atomic E-state index is 12.8. The Bertz CT molecular complexity index is 967. The SMILES string of the molecule is Cc1cccc(CN(C(=O)/C=C/c2ccnc3ccccc23)C2CC2)c1. The maximum Gasteiger partial charge on any atom is 0.247 e. The number of para-hydroxylation sites is 1. The van der Waals surface area contributed by atoms with Crippen molar-refractivity contribution in [2.45, 2.75) is 32.4 Å². The summed E-state index contributed by atoms with van der Waals surface area (Å²) in [4.78, 5) is 19.2. The number of pyridine rings is 1. The first kappa shape index (κ1) is 16.5. The zero-order valence-electron chi connectivity index (χ0n) is 14.9. The van der Waals surface area contributed by atoms with Crippen LogP contribution in [0.3, 0.4) is 0 Å². The van der Waals surface area contributed by atoms with Crippen molar-refractivity contribution in [2.75, 3.05) is 0 Å². The summed E-state index contributed by atoms with van der Waals surface area (Å²) in [6.07, 6.45) is 7.61. The Balaban J connectivity index is 1.55. The molecule has 0 atom stereocenters. The summed E-state index contributed by atoms with van der Waals surface area (Å²) in [5.74, 6) is 0.0786. The molecule has 0 unspecified atom stereocenters. The molecule has 130 valence electrons. The summed E-state index contributed by atoms with van der Waals surface area (Å²) in [6, 6.07) is 18.7. The summed E-state index contributed by atoms with van der Waals surface area (Å²) < 4.78 is 0. The molecule has 1 aliphatic rings. The van der Waals surface area contributed by atoms with Gasteiger partial charge in [0.15, 0.2) is 0 Å². The van der Waals surface area contributed by atoms with Crippen LogP contribution >= 0.6 is 0 Å². The van der Waals surface area contributed by atoms with Crippen LogP contribution in [-0.4, -0.2) is 21.8 Å². The molecule has 1 aliphatic carbocycles. The Labute approximate surface area is 154 Å². The number of hydrogen-bond acceptors (Lipinski definition) is 2. The number of aromatic nitrogens is 1. The van der Waals surface area contributed by atoms with Crippen LogP contribution in [0.25, 0.3) is 17.0 Å². The topological polar surface area (TPSA) is 33.2 Å². The van der Waals surface area contributed by atoms with Crippen LogP contribution < -0.4 is 0 Å². The monoisotopic (exact) mass is 342 g/mol. The standard InChI is InChI=1S/C23H22N2O/c1-17-5-4-6-18(15-17)16-25(20-10-11-20)23(26)12-9-19-13-14-24-22-8-3-2-7-21(19)22/h2-9,12-15,20H,10-11,16H2,1H3/b12-9+. The molecule has 2 aromatic carbocycles. The van der Waals surface area contributed by atoms with Crippen LogP contribution in [0.1, 0.15) is 29.5 Å². The van der Waals surface area contributed by atoms with Gasteiger partial charge in [0, 0.05) is 30.2 Å². The highest BCUT2D eigenvalue weighted by Crippen LogP contribution is 2.29. The van der Waals surface area contributed by atoms with Crippen molar-refractivity contribution in [3.8, 4) is 0 Å². The molecule has 3 heteroatoms. The summed E-state index contributed by atoms with van der Waals surface area (Å²) in [5.41, 5.74) is 4.38. The molecule has 1 fully saturated rings. The van der Waals surface area contributed by atoms with E-state index in [4.69, 9.17) is 0 Å². The van der Waals surface area contributed by atoms with Crippen molar-refractivity contribution in [1.29, 1.82) is 0 Å². The van der Waals surface area contributed by atoms with E-state index < -0.39 is 0 Å². The number of fused-ring (bicyclic) bond motifs is 1. The minimum Gasteiger partial charge on any atom is -0.332 e. The molecule has 1 amide bonds. The highest BCUT2D eigenvalue weighted by atomic mass is 16.2. The van der Waals surface area contributed by atoms with Gasteiger partial charge >= 0.3 is 0 Å². The van der Waals surface area contributed by atoms with E-state index >= 15 is 0 Å². The maximum absolute atomic E-state index is 12.8. The molecular weight excluding hydrogens is 320 g/mol. The summed E-state index contributed by atoms with van der Waals surface area (Å²) >= 11 is 0. The Morgan fingerprint density at radius 1 is 1.15 bits per heavy atom. The first-order valence-corrected chi connectivity index (χ1v) is 9.09. The Kier molecular flexibility index (Phi) is 4.53. The number of hydrogen-bond donors (Lipinski definition) is 0. The first-order chi connectivity index (χ1) is 12.7. The van der Waals surface area contributed by atoms with Crippen molar-refractivity contribution < 1.29 is 4.79 Å². The van der Waals surface area contributed by atoms with Crippen molar-refractivity contribution in [2.24, 2.45) is 0 Å². The van der Waals surface area contributed by atoms with E-state index in [9.17, 15) is 4.79 Å². The van der Waals surface area contributed by atoms with E-state index in [1.807, 2.05) is 41.3 Å². The van der Waals surface area contributed by atoms with Gasteiger partial charge < -0.3 is 4.90 Å². The second-order valence-electron chi connectivity index (χ2n) is 6.94. The van der Waals surface area contributed by atoms with Crippen molar-refractivity contribution >= 4 is 22.9 Å². The van der Waals surface area contributed by atoms with Gasteiger partial charge in [-0.1, -0.05) is 48.0 Å². The van der Waals surface area contributed by atoms with Gasteiger partial charge in [-0.05, 0) is 49.1 Å². The van der Waals surface area contributed by atoms with Crippen molar-refractivity contribution in [1.82, 2.24) is 9.88 Å². The van der Waals surface area contributed by atoms with Crippen LogP contribution in [0, 0.1) is 6.92 Å². The van der Waals surface area contributed by atoms with Gasteiger partial charge in [-0.15, -0.1) is 0 Å². The number of carbonyl (C=O) groups is 1. The molecule has 3 aromatic rings. The largest absolute Gasteiger partial charge is 0.332 e. The number of benzene rings is 2. The minimum atomic E-state index is 0.0786. The molecule has 0 N–H and O–H groups in total. The lowest BCUT2D eigenvalue weighted by molar-refractivity contribution is -0.127. The average Bonchev–Trinajstić information content (AvgIpc) is 3.49. The fraction of sp³-hybridized carbons (Fsp3) is 0.217. The molecule has 1 heterocycles. The first-order valence-electron chi connectivity index (χ1n) is 9.09. The minimum absolute atomic E-state index is 0.0786. The van der Waals surface area contributed by atoms with E-state index in [1.165, 1.54) is 11.1 Å². The molecule has 4 rings (SSSR count). The Morgan fingerprint density at radius 3 is 2.81 bits per heavy atom. The molecule has 1 aromatic heterocycles. The lowest BCUT2D eigenvalue weighted by Crippen LogP contribution is -2.31. The normalized spacial score (nSPS) is 14.0. The summed E-state index contributed by atoms with van der Waals surface area (Å²) in [6.45, 7) is 2.76. The van der Waals surface area contributed by atoms with Gasteiger partial charge in [-0.2, -0.15) is 0 Å². The molecule has 0 aliphatic heterocycles. The van der Waals surface area contributed by atoms with Gasteiger partial charge in [0.25, 0.3) is 0 Å². The summed E-state index contributed by atoms with van der Waals surface area (Å²) in [5, 5.41) is 1.07. The highest BCUT2D eigenvalue weighted by Gasteiger charge is 2.31. The molecule has 0 radical (unpaired) electrons. The van der Waals surface area contributed by atoms with Gasteiger partial charge in [-0.25, -0.2) is 0 Å².